The van der Waals surface area contributed by atoms with Crippen LogP contribution in [-0.4, -0.2) is 25.3 Å². The molecule has 2 aliphatic rings. The highest BCUT2D eigenvalue weighted by Gasteiger charge is 2.27. The number of benzene rings is 2. The zero-order chi connectivity index (χ0) is 18.9. The zero-order valence-electron chi connectivity index (χ0n) is 15.5. The van der Waals surface area contributed by atoms with Gasteiger partial charge in [0.2, 0.25) is 0 Å². The van der Waals surface area contributed by atoms with Gasteiger partial charge in [0.15, 0.2) is 11.5 Å². The van der Waals surface area contributed by atoms with Crippen LogP contribution >= 0.6 is 0 Å². The first-order valence-electron chi connectivity index (χ1n) is 9.07. The van der Waals surface area contributed by atoms with Crippen molar-refractivity contribution in [3.8, 4) is 11.5 Å². The SMILES string of the molecule is Cc1ccc(C2(C)CC=C(C(=O)Nc3ccc4c(c3)OCCO4)C=N2)cc1.[HH]. The Balaban J connectivity index is 0.00000225. The first-order valence-corrected chi connectivity index (χ1v) is 9.07. The molecule has 1 N–H and O–H groups in total. The molecule has 0 bridgehead atoms. The Morgan fingerprint density at radius 1 is 1.11 bits per heavy atom. The number of rotatable bonds is 3. The molecule has 1 amide bonds. The van der Waals surface area contributed by atoms with Crippen molar-refractivity contribution in [1.29, 1.82) is 0 Å². The van der Waals surface area contributed by atoms with Crippen molar-refractivity contribution in [1.82, 2.24) is 0 Å². The summed E-state index contributed by atoms with van der Waals surface area (Å²) in [5.74, 6) is 1.17. The summed E-state index contributed by atoms with van der Waals surface area (Å²) in [7, 11) is 0. The lowest BCUT2D eigenvalue weighted by Crippen LogP contribution is -2.25. The number of amides is 1. The lowest BCUT2D eigenvalue weighted by Gasteiger charge is -2.27. The van der Waals surface area contributed by atoms with E-state index >= 15 is 0 Å². The first-order chi connectivity index (χ1) is 13.0. The van der Waals surface area contributed by atoms with E-state index in [4.69, 9.17) is 9.47 Å². The number of fused-ring (bicyclic) bond motifs is 1. The highest BCUT2D eigenvalue weighted by molar-refractivity contribution is 6.18. The van der Waals surface area contributed by atoms with Gasteiger partial charge in [-0.3, -0.25) is 9.79 Å². The number of aryl methyl sites for hydroxylation is 1. The van der Waals surface area contributed by atoms with Crippen LogP contribution in [0, 0.1) is 6.92 Å². The molecular weight excluding hydrogens is 340 g/mol. The van der Waals surface area contributed by atoms with E-state index in [1.807, 2.05) is 18.2 Å². The summed E-state index contributed by atoms with van der Waals surface area (Å²) in [5.41, 5.74) is 3.26. The van der Waals surface area contributed by atoms with Crippen molar-refractivity contribution >= 4 is 17.8 Å². The molecule has 5 heteroatoms. The smallest absolute Gasteiger partial charge is 0.256 e. The molecule has 2 heterocycles. The fourth-order valence-corrected chi connectivity index (χ4v) is 3.21. The molecule has 1 unspecified atom stereocenters. The van der Waals surface area contributed by atoms with Gasteiger partial charge in [-0.15, -0.1) is 0 Å². The van der Waals surface area contributed by atoms with Crippen molar-refractivity contribution in [2.24, 2.45) is 4.99 Å². The number of hydrogen-bond donors (Lipinski definition) is 1. The van der Waals surface area contributed by atoms with Gasteiger partial charge in [-0.1, -0.05) is 35.9 Å². The predicted molar refractivity (Wildman–Crippen MR) is 108 cm³/mol. The van der Waals surface area contributed by atoms with E-state index in [2.05, 4.69) is 48.4 Å². The van der Waals surface area contributed by atoms with E-state index in [1.54, 1.807) is 12.3 Å². The molecule has 0 aliphatic carbocycles. The van der Waals surface area contributed by atoms with Crippen molar-refractivity contribution in [3.63, 3.8) is 0 Å². The maximum atomic E-state index is 12.6. The van der Waals surface area contributed by atoms with Gasteiger partial charge in [0.05, 0.1) is 11.1 Å². The van der Waals surface area contributed by atoms with E-state index in [1.165, 1.54) is 5.56 Å². The van der Waals surface area contributed by atoms with Crippen LogP contribution in [0.25, 0.3) is 0 Å². The second-order valence-corrected chi connectivity index (χ2v) is 7.07. The van der Waals surface area contributed by atoms with E-state index < -0.39 is 0 Å². The average Bonchev–Trinajstić information content (AvgIpc) is 2.69. The monoisotopic (exact) mass is 364 g/mol. The molecule has 0 aromatic heterocycles. The third-order valence-electron chi connectivity index (χ3n) is 4.94. The maximum absolute atomic E-state index is 12.6. The van der Waals surface area contributed by atoms with Crippen LogP contribution in [0.2, 0.25) is 0 Å². The summed E-state index contributed by atoms with van der Waals surface area (Å²) in [6.45, 7) is 5.21. The van der Waals surface area contributed by atoms with Crippen LogP contribution in [0.1, 0.15) is 25.9 Å². The Labute approximate surface area is 160 Å². The number of hydrogen-bond acceptors (Lipinski definition) is 4. The Bertz CT molecular complexity index is 937. The van der Waals surface area contributed by atoms with E-state index in [0.717, 1.165) is 5.56 Å². The molecule has 0 fully saturated rings. The Kier molecular flexibility index (Phi) is 4.44. The lowest BCUT2D eigenvalue weighted by molar-refractivity contribution is -0.112. The molecule has 0 saturated carbocycles. The molecule has 2 aliphatic heterocycles. The molecule has 1 atom stereocenters. The summed E-state index contributed by atoms with van der Waals surface area (Å²) in [6, 6.07) is 13.8. The van der Waals surface area contributed by atoms with Crippen LogP contribution < -0.4 is 14.8 Å². The van der Waals surface area contributed by atoms with Crippen LogP contribution in [0.3, 0.4) is 0 Å². The molecule has 140 valence electrons. The lowest BCUT2D eigenvalue weighted by atomic mass is 9.86. The van der Waals surface area contributed by atoms with E-state index in [-0.39, 0.29) is 12.9 Å². The quantitative estimate of drug-likeness (QED) is 0.885. The number of carbonyl (C=O) groups is 1. The van der Waals surface area contributed by atoms with E-state index in [0.29, 0.717) is 42.4 Å². The minimum Gasteiger partial charge on any atom is -0.486 e. The van der Waals surface area contributed by atoms with Gasteiger partial charge in [-0.25, -0.2) is 0 Å². The first kappa shape index (κ1) is 17.3. The van der Waals surface area contributed by atoms with Crippen molar-refractivity contribution in [2.45, 2.75) is 25.8 Å². The molecular formula is C22H24N2O3. The maximum Gasteiger partial charge on any atom is 0.256 e. The Hall–Kier alpha value is -3.08. The van der Waals surface area contributed by atoms with Gasteiger partial charge in [0.25, 0.3) is 5.91 Å². The van der Waals surface area contributed by atoms with Crippen LogP contribution in [-0.2, 0) is 10.3 Å². The highest BCUT2D eigenvalue weighted by Crippen LogP contribution is 2.34. The topological polar surface area (TPSA) is 59.9 Å². The third-order valence-corrected chi connectivity index (χ3v) is 4.94. The third kappa shape index (κ3) is 3.58. The van der Waals surface area contributed by atoms with Gasteiger partial charge in [-0.2, -0.15) is 0 Å². The molecule has 2 aromatic rings. The van der Waals surface area contributed by atoms with Gasteiger partial charge < -0.3 is 14.8 Å². The Morgan fingerprint density at radius 3 is 2.56 bits per heavy atom. The predicted octanol–water partition coefficient (Wildman–Crippen LogP) is 4.27. The average molecular weight is 364 g/mol. The number of nitrogens with one attached hydrogen (secondary N) is 1. The second kappa shape index (κ2) is 6.91. The number of nitrogens with zero attached hydrogens (tertiary/aromatic N) is 1. The van der Waals surface area contributed by atoms with Crippen LogP contribution in [0.5, 0.6) is 11.5 Å². The van der Waals surface area contributed by atoms with E-state index in [9.17, 15) is 4.79 Å². The highest BCUT2D eigenvalue weighted by atomic mass is 16.6. The van der Waals surface area contributed by atoms with Crippen molar-refractivity contribution in [2.75, 3.05) is 18.5 Å². The summed E-state index contributed by atoms with van der Waals surface area (Å²) in [4.78, 5) is 17.3. The molecule has 0 spiro atoms. The molecule has 5 nitrogen and oxygen atoms in total. The van der Waals surface area contributed by atoms with Crippen LogP contribution in [0.4, 0.5) is 5.69 Å². The summed E-state index contributed by atoms with van der Waals surface area (Å²) < 4.78 is 11.1. The molecule has 0 radical (unpaired) electrons. The normalized spacial score (nSPS) is 20.7. The number of carbonyl (C=O) groups excluding carboxylic acids is 1. The van der Waals surface area contributed by atoms with Crippen LogP contribution in [0.15, 0.2) is 59.1 Å². The molecule has 4 rings (SSSR count). The number of anilines is 1. The van der Waals surface area contributed by atoms with Crippen molar-refractivity contribution < 1.29 is 15.7 Å². The molecule has 2 aromatic carbocycles. The van der Waals surface area contributed by atoms with Gasteiger partial charge in [0.1, 0.15) is 13.2 Å². The number of aliphatic imine (C=N–C) groups is 1. The minimum atomic E-state index is -0.339. The molecule has 0 saturated heterocycles. The summed E-state index contributed by atoms with van der Waals surface area (Å²) in [5, 5.41) is 2.90. The Morgan fingerprint density at radius 2 is 1.85 bits per heavy atom. The van der Waals surface area contributed by atoms with Gasteiger partial charge in [0, 0.05) is 19.4 Å². The zero-order valence-corrected chi connectivity index (χ0v) is 15.5. The number of dihydropyridines is 1. The summed E-state index contributed by atoms with van der Waals surface area (Å²) >= 11 is 0. The summed E-state index contributed by atoms with van der Waals surface area (Å²) in [6.07, 6.45) is 4.29. The minimum absolute atomic E-state index is 0. The fraction of sp³-hybridized carbons (Fsp3) is 0.273. The van der Waals surface area contributed by atoms with Crippen molar-refractivity contribution in [3.05, 3.63) is 65.2 Å². The largest absolute Gasteiger partial charge is 0.486 e. The number of ether oxygens (including phenoxy) is 2. The standard InChI is InChI=1S/C22H22N2O3.H2/c1-15-3-5-17(6-4-15)22(2)10-9-16(14-23-22)21(25)24-18-7-8-19-20(13-18)27-12-11-26-19;/h3-9,13-14H,10-12H2,1-2H3,(H,24,25);1H. The molecule has 27 heavy (non-hydrogen) atoms. The van der Waals surface area contributed by atoms with Gasteiger partial charge in [-0.05, 0) is 38.0 Å². The second-order valence-electron chi connectivity index (χ2n) is 7.07. The fourth-order valence-electron chi connectivity index (χ4n) is 3.21. The van der Waals surface area contributed by atoms with Gasteiger partial charge >= 0.3 is 0 Å².